The molecule has 1 aromatic rings. The van der Waals surface area contributed by atoms with Crippen molar-refractivity contribution in [3.8, 4) is 11.8 Å². The molecule has 0 saturated carbocycles. The standard InChI is InChI=1S/C12H16N2S/c1-11-4-5-12(15-11)3-2-8-14-9-6-13-7-10-14/h4-5,13H,6-10H2,1H3. The molecular weight excluding hydrogens is 204 g/mol. The monoisotopic (exact) mass is 220 g/mol. The summed E-state index contributed by atoms with van der Waals surface area (Å²) in [6.45, 7) is 7.46. The highest BCUT2D eigenvalue weighted by molar-refractivity contribution is 7.12. The summed E-state index contributed by atoms with van der Waals surface area (Å²) < 4.78 is 0. The third-order valence-electron chi connectivity index (χ3n) is 2.46. The highest BCUT2D eigenvalue weighted by atomic mass is 32.1. The molecule has 1 aliphatic heterocycles. The first-order valence-corrected chi connectivity index (χ1v) is 6.14. The van der Waals surface area contributed by atoms with E-state index in [1.165, 1.54) is 9.75 Å². The molecule has 1 N–H and O–H groups in total. The van der Waals surface area contributed by atoms with E-state index >= 15 is 0 Å². The van der Waals surface area contributed by atoms with Crippen LogP contribution >= 0.6 is 11.3 Å². The molecule has 3 heteroatoms. The van der Waals surface area contributed by atoms with E-state index in [0.717, 1.165) is 32.7 Å². The lowest BCUT2D eigenvalue weighted by Gasteiger charge is -2.24. The zero-order chi connectivity index (χ0) is 10.5. The predicted octanol–water partition coefficient (Wildman–Crippen LogP) is 1.31. The Kier molecular flexibility index (Phi) is 3.79. The van der Waals surface area contributed by atoms with Gasteiger partial charge in [-0.1, -0.05) is 11.8 Å². The molecule has 1 saturated heterocycles. The van der Waals surface area contributed by atoms with E-state index in [1.807, 2.05) is 0 Å². The van der Waals surface area contributed by atoms with E-state index in [2.05, 4.69) is 41.1 Å². The second kappa shape index (κ2) is 5.32. The van der Waals surface area contributed by atoms with Crippen LogP contribution in [0, 0.1) is 18.8 Å². The van der Waals surface area contributed by atoms with Crippen LogP contribution in [0.25, 0.3) is 0 Å². The van der Waals surface area contributed by atoms with Gasteiger partial charge in [-0.25, -0.2) is 0 Å². The van der Waals surface area contributed by atoms with Gasteiger partial charge in [-0.2, -0.15) is 0 Å². The Morgan fingerprint density at radius 1 is 1.40 bits per heavy atom. The minimum atomic E-state index is 0.901. The number of nitrogens with zero attached hydrogens (tertiary/aromatic N) is 1. The molecule has 0 aromatic carbocycles. The summed E-state index contributed by atoms with van der Waals surface area (Å²) >= 11 is 1.77. The Balaban J connectivity index is 1.84. The summed E-state index contributed by atoms with van der Waals surface area (Å²) in [6, 6.07) is 4.23. The minimum absolute atomic E-state index is 0.901. The van der Waals surface area contributed by atoms with Crippen LogP contribution in [0.15, 0.2) is 12.1 Å². The summed E-state index contributed by atoms with van der Waals surface area (Å²) in [6.07, 6.45) is 0. The van der Waals surface area contributed by atoms with Gasteiger partial charge in [-0.05, 0) is 19.1 Å². The molecule has 15 heavy (non-hydrogen) atoms. The first-order chi connectivity index (χ1) is 7.34. The molecular formula is C12H16N2S. The molecule has 2 heterocycles. The van der Waals surface area contributed by atoms with E-state index < -0.39 is 0 Å². The van der Waals surface area contributed by atoms with Crippen LogP contribution in [0.5, 0.6) is 0 Å². The van der Waals surface area contributed by atoms with Crippen molar-refractivity contribution in [3.63, 3.8) is 0 Å². The van der Waals surface area contributed by atoms with Crippen LogP contribution in [-0.4, -0.2) is 37.6 Å². The van der Waals surface area contributed by atoms with E-state index in [-0.39, 0.29) is 0 Å². The highest BCUT2D eigenvalue weighted by Gasteiger charge is 2.06. The molecule has 0 atom stereocenters. The molecule has 0 spiro atoms. The molecule has 1 fully saturated rings. The molecule has 0 amide bonds. The number of rotatable bonds is 1. The van der Waals surface area contributed by atoms with Crippen LogP contribution in [0.2, 0.25) is 0 Å². The van der Waals surface area contributed by atoms with E-state index in [4.69, 9.17) is 0 Å². The lowest BCUT2D eigenvalue weighted by molar-refractivity contribution is 0.268. The van der Waals surface area contributed by atoms with Crippen molar-refractivity contribution in [1.82, 2.24) is 10.2 Å². The Labute approximate surface area is 95.3 Å². The van der Waals surface area contributed by atoms with E-state index in [9.17, 15) is 0 Å². The van der Waals surface area contributed by atoms with E-state index in [0.29, 0.717) is 0 Å². The maximum absolute atomic E-state index is 3.34. The maximum atomic E-state index is 3.34. The fraction of sp³-hybridized carbons (Fsp3) is 0.500. The van der Waals surface area contributed by atoms with Gasteiger partial charge in [0, 0.05) is 31.1 Å². The molecule has 0 aliphatic carbocycles. The van der Waals surface area contributed by atoms with Gasteiger partial charge in [-0.15, -0.1) is 11.3 Å². The first kappa shape index (κ1) is 10.7. The number of nitrogens with one attached hydrogen (secondary N) is 1. The van der Waals surface area contributed by atoms with Gasteiger partial charge >= 0.3 is 0 Å². The molecule has 0 unspecified atom stereocenters. The summed E-state index contributed by atoms with van der Waals surface area (Å²) in [5.41, 5.74) is 0. The van der Waals surface area contributed by atoms with Crippen molar-refractivity contribution < 1.29 is 0 Å². The SMILES string of the molecule is Cc1ccc(C#CCN2CCNCC2)s1. The van der Waals surface area contributed by atoms with Crippen molar-refractivity contribution in [2.45, 2.75) is 6.92 Å². The van der Waals surface area contributed by atoms with Crippen molar-refractivity contribution in [1.29, 1.82) is 0 Å². The molecule has 80 valence electrons. The Hall–Kier alpha value is -0.820. The zero-order valence-corrected chi connectivity index (χ0v) is 9.86. The summed E-state index contributed by atoms with van der Waals surface area (Å²) in [7, 11) is 0. The fourth-order valence-corrected chi connectivity index (χ4v) is 2.35. The van der Waals surface area contributed by atoms with Crippen LogP contribution in [0.4, 0.5) is 0 Å². The van der Waals surface area contributed by atoms with Gasteiger partial charge in [0.05, 0.1) is 11.4 Å². The quantitative estimate of drug-likeness (QED) is 0.718. The Bertz CT molecular complexity index is 366. The Morgan fingerprint density at radius 2 is 2.20 bits per heavy atom. The molecule has 1 aromatic heterocycles. The zero-order valence-electron chi connectivity index (χ0n) is 9.05. The second-order valence-corrected chi connectivity index (χ2v) is 5.03. The average molecular weight is 220 g/mol. The highest BCUT2D eigenvalue weighted by Crippen LogP contribution is 2.12. The first-order valence-electron chi connectivity index (χ1n) is 5.33. The number of thiophene rings is 1. The average Bonchev–Trinajstić information content (AvgIpc) is 2.66. The normalized spacial score (nSPS) is 17.1. The van der Waals surface area contributed by atoms with E-state index in [1.54, 1.807) is 11.3 Å². The van der Waals surface area contributed by atoms with Gasteiger partial charge in [0.2, 0.25) is 0 Å². The number of hydrogen-bond acceptors (Lipinski definition) is 3. The van der Waals surface area contributed by atoms with Crippen LogP contribution in [0.3, 0.4) is 0 Å². The van der Waals surface area contributed by atoms with Crippen molar-refractivity contribution in [3.05, 3.63) is 21.9 Å². The van der Waals surface area contributed by atoms with Gasteiger partial charge in [-0.3, -0.25) is 4.90 Å². The van der Waals surface area contributed by atoms with Crippen molar-refractivity contribution in [2.24, 2.45) is 0 Å². The maximum Gasteiger partial charge on any atom is 0.0771 e. The summed E-state index contributed by atoms with van der Waals surface area (Å²) in [5, 5.41) is 3.34. The van der Waals surface area contributed by atoms with Gasteiger partial charge in [0.25, 0.3) is 0 Å². The summed E-state index contributed by atoms with van der Waals surface area (Å²) in [4.78, 5) is 4.91. The van der Waals surface area contributed by atoms with Gasteiger partial charge < -0.3 is 5.32 Å². The lowest BCUT2D eigenvalue weighted by Crippen LogP contribution is -2.43. The minimum Gasteiger partial charge on any atom is -0.314 e. The number of piperazine rings is 1. The fourth-order valence-electron chi connectivity index (χ4n) is 1.61. The van der Waals surface area contributed by atoms with Crippen molar-refractivity contribution in [2.75, 3.05) is 32.7 Å². The molecule has 0 bridgehead atoms. The third kappa shape index (κ3) is 3.35. The second-order valence-electron chi connectivity index (χ2n) is 3.74. The van der Waals surface area contributed by atoms with Crippen molar-refractivity contribution >= 4 is 11.3 Å². The van der Waals surface area contributed by atoms with Crippen LogP contribution < -0.4 is 5.32 Å². The molecule has 2 nitrogen and oxygen atoms in total. The lowest BCUT2D eigenvalue weighted by atomic mass is 10.3. The molecule has 0 radical (unpaired) electrons. The Morgan fingerprint density at radius 3 is 2.87 bits per heavy atom. The molecule has 2 rings (SSSR count). The van der Waals surface area contributed by atoms with Crippen LogP contribution in [0.1, 0.15) is 9.75 Å². The summed E-state index contributed by atoms with van der Waals surface area (Å²) in [5.74, 6) is 6.46. The number of hydrogen-bond donors (Lipinski definition) is 1. The van der Waals surface area contributed by atoms with Crippen LogP contribution in [-0.2, 0) is 0 Å². The molecule has 1 aliphatic rings. The van der Waals surface area contributed by atoms with Gasteiger partial charge in [0.15, 0.2) is 0 Å². The third-order valence-corrected chi connectivity index (χ3v) is 3.38. The smallest absolute Gasteiger partial charge is 0.0771 e. The largest absolute Gasteiger partial charge is 0.314 e. The van der Waals surface area contributed by atoms with Gasteiger partial charge in [0.1, 0.15) is 0 Å². The topological polar surface area (TPSA) is 15.3 Å². The predicted molar refractivity (Wildman–Crippen MR) is 65.2 cm³/mol. The number of aryl methyl sites for hydroxylation is 1.